The number of benzene rings is 1. The molecule has 4 heteroatoms. The summed E-state index contributed by atoms with van der Waals surface area (Å²) in [7, 11) is 1.80. The summed E-state index contributed by atoms with van der Waals surface area (Å²) in [5, 5.41) is 8.92. The number of carbonyl (C=O) groups is 1. The van der Waals surface area contributed by atoms with Crippen molar-refractivity contribution in [3.8, 4) is 11.8 Å². The molecule has 1 aliphatic carbocycles. The van der Waals surface area contributed by atoms with E-state index in [-0.39, 0.29) is 12.5 Å². The molecule has 1 aliphatic rings. The van der Waals surface area contributed by atoms with Gasteiger partial charge in [-0.25, -0.2) is 0 Å². The first-order valence-electron chi connectivity index (χ1n) is 6.47. The van der Waals surface area contributed by atoms with E-state index in [9.17, 15) is 4.79 Å². The average Bonchev–Trinajstić information content (AvgIpc) is 3.11. The van der Waals surface area contributed by atoms with Gasteiger partial charge in [0.15, 0.2) is 6.61 Å². The van der Waals surface area contributed by atoms with E-state index in [1.165, 1.54) is 6.42 Å². The second-order valence-corrected chi connectivity index (χ2v) is 5.14. The molecule has 0 spiro atoms. The lowest BCUT2D eigenvalue weighted by atomic mass is 10.2. The molecule has 1 aromatic carbocycles. The second-order valence-electron chi connectivity index (χ2n) is 5.14. The van der Waals surface area contributed by atoms with E-state index in [1.807, 2.05) is 6.07 Å². The summed E-state index contributed by atoms with van der Waals surface area (Å²) in [6, 6.07) is 8.99. The van der Waals surface area contributed by atoms with E-state index in [0.717, 1.165) is 12.5 Å². The smallest absolute Gasteiger partial charge is 0.260 e. The maximum atomic E-state index is 11.9. The molecule has 4 nitrogen and oxygen atoms in total. The highest BCUT2D eigenvalue weighted by Gasteiger charge is 2.34. The molecule has 2 rings (SSSR count). The minimum absolute atomic E-state index is 0.0176. The van der Waals surface area contributed by atoms with Crippen LogP contribution in [-0.4, -0.2) is 31.0 Å². The van der Waals surface area contributed by atoms with Crippen molar-refractivity contribution in [2.24, 2.45) is 11.8 Å². The highest BCUT2D eigenvalue weighted by Crippen LogP contribution is 2.37. The Balaban J connectivity index is 1.84. The number of amides is 1. The van der Waals surface area contributed by atoms with Crippen molar-refractivity contribution < 1.29 is 9.53 Å². The molecule has 2 unspecified atom stereocenters. The summed E-state index contributed by atoms with van der Waals surface area (Å²) in [5.41, 5.74) is 0.453. The van der Waals surface area contributed by atoms with Gasteiger partial charge in [0.1, 0.15) is 11.8 Å². The van der Waals surface area contributed by atoms with Crippen LogP contribution in [0.3, 0.4) is 0 Å². The molecular formula is C15H18N2O2. The van der Waals surface area contributed by atoms with Crippen LogP contribution in [0.2, 0.25) is 0 Å². The lowest BCUT2D eigenvalue weighted by Crippen LogP contribution is -2.33. The topological polar surface area (TPSA) is 53.3 Å². The van der Waals surface area contributed by atoms with E-state index in [2.05, 4.69) is 6.92 Å². The Bertz CT molecular complexity index is 507. The van der Waals surface area contributed by atoms with E-state index in [4.69, 9.17) is 10.00 Å². The Labute approximate surface area is 113 Å². The van der Waals surface area contributed by atoms with E-state index in [0.29, 0.717) is 17.2 Å². The average molecular weight is 258 g/mol. The molecule has 0 aliphatic heterocycles. The van der Waals surface area contributed by atoms with Crippen molar-refractivity contribution in [1.29, 1.82) is 5.26 Å². The van der Waals surface area contributed by atoms with Gasteiger partial charge in [0, 0.05) is 13.6 Å². The van der Waals surface area contributed by atoms with Crippen molar-refractivity contribution in [3.05, 3.63) is 29.8 Å². The lowest BCUT2D eigenvalue weighted by molar-refractivity contribution is -0.132. The van der Waals surface area contributed by atoms with Gasteiger partial charge in [-0.3, -0.25) is 4.79 Å². The van der Waals surface area contributed by atoms with Crippen LogP contribution >= 0.6 is 0 Å². The maximum Gasteiger partial charge on any atom is 0.260 e. The minimum Gasteiger partial charge on any atom is -0.482 e. The molecular weight excluding hydrogens is 240 g/mol. The molecule has 0 bridgehead atoms. The Kier molecular flexibility index (Phi) is 4.06. The first-order chi connectivity index (χ1) is 9.11. The Morgan fingerprint density at radius 1 is 1.53 bits per heavy atom. The fourth-order valence-corrected chi connectivity index (χ4v) is 2.04. The molecule has 0 heterocycles. The van der Waals surface area contributed by atoms with Crippen LogP contribution in [0.25, 0.3) is 0 Å². The molecule has 0 saturated heterocycles. The summed E-state index contributed by atoms with van der Waals surface area (Å²) in [4.78, 5) is 13.6. The maximum absolute atomic E-state index is 11.9. The number of para-hydroxylation sites is 1. The summed E-state index contributed by atoms with van der Waals surface area (Å²) < 4.78 is 5.43. The fourth-order valence-electron chi connectivity index (χ4n) is 2.04. The fraction of sp³-hybridized carbons (Fsp3) is 0.467. The van der Waals surface area contributed by atoms with Crippen molar-refractivity contribution >= 4 is 5.91 Å². The molecule has 0 radical (unpaired) electrons. The second kappa shape index (κ2) is 5.75. The van der Waals surface area contributed by atoms with Gasteiger partial charge >= 0.3 is 0 Å². The number of nitriles is 1. The highest BCUT2D eigenvalue weighted by atomic mass is 16.5. The zero-order valence-electron chi connectivity index (χ0n) is 11.3. The number of nitrogens with zero attached hydrogens (tertiary/aromatic N) is 2. The van der Waals surface area contributed by atoms with Crippen LogP contribution in [0.1, 0.15) is 18.9 Å². The summed E-state index contributed by atoms with van der Waals surface area (Å²) in [6.07, 6.45) is 1.20. The Morgan fingerprint density at radius 3 is 2.84 bits per heavy atom. The molecule has 0 aromatic heterocycles. The highest BCUT2D eigenvalue weighted by molar-refractivity contribution is 5.77. The van der Waals surface area contributed by atoms with Gasteiger partial charge < -0.3 is 9.64 Å². The standard InChI is InChI=1S/C15H18N2O2/c1-11-7-13(11)9-17(2)15(18)10-19-14-6-4-3-5-12(14)8-16/h3-6,11,13H,7,9-10H2,1-2H3. The quantitative estimate of drug-likeness (QED) is 0.812. The third-order valence-corrected chi connectivity index (χ3v) is 3.57. The largest absolute Gasteiger partial charge is 0.482 e. The summed E-state index contributed by atoms with van der Waals surface area (Å²) >= 11 is 0. The van der Waals surface area contributed by atoms with E-state index < -0.39 is 0 Å². The third kappa shape index (κ3) is 3.47. The van der Waals surface area contributed by atoms with Crippen LogP contribution in [0.4, 0.5) is 0 Å². The predicted octanol–water partition coefficient (Wildman–Crippen LogP) is 2.05. The third-order valence-electron chi connectivity index (χ3n) is 3.57. The van der Waals surface area contributed by atoms with Gasteiger partial charge in [0.25, 0.3) is 5.91 Å². The van der Waals surface area contributed by atoms with Crippen LogP contribution in [-0.2, 0) is 4.79 Å². The normalized spacial score (nSPS) is 20.5. The molecule has 1 saturated carbocycles. The van der Waals surface area contributed by atoms with Gasteiger partial charge in [-0.2, -0.15) is 5.26 Å². The monoisotopic (exact) mass is 258 g/mol. The molecule has 2 atom stereocenters. The number of rotatable bonds is 5. The summed E-state index contributed by atoms with van der Waals surface area (Å²) in [5.74, 6) is 1.79. The van der Waals surface area contributed by atoms with E-state index >= 15 is 0 Å². The van der Waals surface area contributed by atoms with Crippen molar-refractivity contribution in [2.45, 2.75) is 13.3 Å². The Morgan fingerprint density at radius 2 is 2.21 bits per heavy atom. The molecule has 0 N–H and O–H groups in total. The van der Waals surface area contributed by atoms with Crippen molar-refractivity contribution in [3.63, 3.8) is 0 Å². The van der Waals surface area contributed by atoms with E-state index in [1.54, 1.807) is 36.2 Å². The molecule has 100 valence electrons. The first-order valence-corrected chi connectivity index (χ1v) is 6.47. The Hall–Kier alpha value is -2.02. The van der Waals surface area contributed by atoms with Gasteiger partial charge in [0.05, 0.1) is 5.56 Å². The number of hydrogen-bond donors (Lipinski definition) is 0. The van der Waals surface area contributed by atoms with Gasteiger partial charge in [-0.1, -0.05) is 19.1 Å². The number of ether oxygens (including phenoxy) is 1. The zero-order chi connectivity index (χ0) is 13.8. The molecule has 1 fully saturated rings. The van der Waals surface area contributed by atoms with Crippen LogP contribution < -0.4 is 4.74 Å². The lowest BCUT2D eigenvalue weighted by Gasteiger charge is -2.17. The molecule has 1 amide bonds. The van der Waals surface area contributed by atoms with Gasteiger partial charge in [-0.15, -0.1) is 0 Å². The zero-order valence-corrected chi connectivity index (χ0v) is 11.3. The number of hydrogen-bond acceptors (Lipinski definition) is 3. The molecule has 1 aromatic rings. The number of carbonyl (C=O) groups excluding carboxylic acids is 1. The van der Waals surface area contributed by atoms with Crippen LogP contribution in [0, 0.1) is 23.2 Å². The first kappa shape index (κ1) is 13.4. The van der Waals surface area contributed by atoms with Gasteiger partial charge in [-0.05, 0) is 30.4 Å². The predicted molar refractivity (Wildman–Crippen MR) is 71.6 cm³/mol. The number of likely N-dealkylation sites (N-methyl/N-ethyl adjacent to an activating group) is 1. The minimum atomic E-state index is -0.0492. The van der Waals surface area contributed by atoms with Crippen molar-refractivity contribution in [2.75, 3.05) is 20.2 Å². The van der Waals surface area contributed by atoms with Crippen molar-refractivity contribution in [1.82, 2.24) is 4.90 Å². The SMILES string of the molecule is CC1CC1CN(C)C(=O)COc1ccccc1C#N. The van der Waals surface area contributed by atoms with Gasteiger partial charge in [0.2, 0.25) is 0 Å². The van der Waals surface area contributed by atoms with Crippen LogP contribution in [0.5, 0.6) is 5.75 Å². The van der Waals surface area contributed by atoms with Crippen LogP contribution in [0.15, 0.2) is 24.3 Å². The summed E-state index contributed by atoms with van der Waals surface area (Å²) in [6.45, 7) is 2.97. The molecule has 19 heavy (non-hydrogen) atoms.